The van der Waals surface area contributed by atoms with E-state index in [1.165, 1.54) is 34.8 Å². The molecule has 0 unspecified atom stereocenters. The quantitative estimate of drug-likeness (QED) is 0.921. The van der Waals surface area contributed by atoms with Crippen LogP contribution in [0, 0.1) is 6.92 Å². The second-order valence-electron chi connectivity index (χ2n) is 6.33. The highest BCUT2D eigenvalue weighted by Crippen LogP contribution is 2.41. The number of hydrogen-bond donors (Lipinski definition) is 1. The van der Waals surface area contributed by atoms with Crippen molar-refractivity contribution in [3.05, 3.63) is 33.5 Å². The smallest absolute Gasteiger partial charge is 0.101 e. The minimum absolute atomic E-state index is 0.107. The van der Waals surface area contributed by atoms with E-state index in [9.17, 15) is 0 Å². The molecule has 0 radical (unpaired) electrons. The summed E-state index contributed by atoms with van der Waals surface area (Å²) in [6.07, 6.45) is 5.72. The largest absolute Gasteiger partial charge is 0.372 e. The third-order valence-corrected chi connectivity index (χ3v) is 5.77. The number of thiazole rings is 1. The van der Waals surface area contributed by atoms with Gasteiger partial charge in [0.25, 0.3) is 0 Å². The minimum Gasteiger partial charge on any atom is -0.372 e. The highest BCUT2D eigenvalue weighted by molar-refractivity contribution is 7.09. The summed E-state index contributed by atoms with van der Waals surface area (Å²) in [6.45, 7) is 3.73. The molecule has 0 amide bonds. The predicted molar refractivity (Wildman–Crippen MR) is 86.0 cm³/mol. The second kappa shape index (κ2) is 5.76. The number of nitrogens with one attached hydrogen (secondary N) is 1. The molecule has 0 bridgehead atoms. The highest BCUT2D eigenvalue weighted by Gasteiger charge is 2.32. The Morgan fingerprint density at radius 2 is 2.27 bits per heavy atom. The van der Waals surface area contributed by atoms with Crippen LogP contribution < -0.4 is 5.32 Å². The Labute approximate surface area is 134 Å². The molecule has 1 aliphatic carbocycles. The van der Waals surface area contributed by atoms with Crippen LogP contribution in [0.4, 0.5) is 0 Å². The van der Waals surface area contributed by atoms with Crippen LogP contribution in [0.1, 0.15) is 53.2 Å². The van der Waals surface area contributed by atoms with Crippen LogP contribution in [0.25, 0.3) is 0 Å². The van der Waals surface area contributed by atoms with E-state index >= 15 is 0 Å². The topological polar surface area (TPSA) is 52.0 Å². The zero-order valence-corrected chi connectivity index (χ0v) is 13.9. The Morgan fingerprint density at radius 3 is 3.00 bits per heavy atom. The zero-order chi connectivity index (χ0) is 15.1. The summed E-state index contributed by atoms with van der Waals surface area (Å²) < 4.78 is 7.87. The van der Waals surface area contributed by atoms with E-state index in [0.29, 0.717) is 6.04 Å². The van der Waals surface area contributed by atoms with Crippen molar-refractivity contribution in [2.24, 2.45) is 7.05 Å². The summed E-state index contributed by atoms with van der Waals surface area (Å²) in [7, 11) is 1.98. The van der Waals surface area contributed by atoms with E-state index in [4.69, 9.17) is 9.72 Å². The van der Waals surface area contributed by atoms with Gasteiger partial charge in [-0.3, -0.25) is 4.68 Å². The van der Waals surface area contributed by atoms with Gasteiger partial charge in [-0.1, -0.05) is 0 Å². The van der Waals surface area contributed by atoms with Crippen molar-refractivity contribution in [1.82, 2.24) is 20.1 Å². The van der Waals surface area contributed by atoms with Crippen molar-refractivity contribution in [2.45, 2.75) is 50.8 Å². The molecule has 2 aromatic rings. The summed E-state index contributed by atoms with van der Waals surface area (Å²) in [6, 6.07) is 0.342. The zero-order valence-electron chi connectivity index (χ0n) is 13.1. The van der Waals surface area contributed by atoms with Crippen molar-refractivity contribution >= 4 is 11.3 Å². The molecule has 5 nitrogen and oxygen atoms in total. The van der Waals surface area contributed by atoms with Crippen molar-refractivity contribution < 1.29 is 4.74 Å². The molecule has 0 spiro atoms. The van der Waals surface area contributed by atoms with Crippen molar-refractivity contribution in [2.75, 3.05) is 6.61 Å². The Balaban J connectivity index is 1.41. The van der Waals surface area contributed by atoms with Crippen LogP contribution in [0.15, 0.2) is 11.6 Å². The van der Waals surface area contributed by atoms with Crippen molar-refractivity contribution in [3.8, 4) is 0 Å². The van der Waals surface area contributed by atoms with Gasteiger partial charge in [0.1, 0.15) is 6.10 Å². The summed E-state index contributed by atoms with van der Waals surface area (Å²) in [5.41, 5.74) is 3.55. The lowest BCUT2D eigenvalue weighted by atomic mass is 10.0. The monoisotopic (exact) mass is 318 g/mol. The lowest BCUT2D eigenvalue weighted by Crippen LogP contribution is -2.31. The summed E-state index contributed by atoms with van der Waals surface area (Å²) in [5, 5.41) is 11.5. The maximum absolute atomic E-state index is 5.95. The van der Waals surface area contributed by atoms with Gasteiger partial charge in [-0.15, -0.1) is 11.3 Å². The van der Waals surface area contributed by atoms with E-state index in [1.807, 2.05) is 29.3 Å². The Bertz CT molecular complexity index is 661. The van der Waals surface area contributed by atoms with Gasteiger partial charge < -0.3 is 10.1 Å². The third-order valence-electron chi connectivity index (χ3n) is 4.71. The molecule has 1 aliphatic heterocycles. The Kier molecular flexibility index (Phi) is 3.76. The molecule has 0 aromatic carbocycles. The van der Waals surface area contributed by atoms with Crippen LogP contribution in [-0.2, 0) is 18.3 Å². The molecule has 118 valence electrons. The number of rotatable bonds is 5. The maximum atomic E-state index is 5.95. The van der Waals surface area contributed by atoms with Gasteiger partial charge in [-0.2, -0.15) is 5.10 Å². The second-order valence-corrected chi connectivity index (χ2v) is 7.22. The number of aromatic nitrogens is 3. The average Bonchev–Trinajstić information content (AvgIpc) is 2.94. The standard InChI is InChI=1S/C16H22N4OS/c1-10-13(8-18-20(10)2)15-14(5-6-21-15)17-7-12-9-22-16(19-12)11-3-4-11/h8-9,11,14-15,17H,3-7H2,1-2H3/t14-,15+/m0/s1. The van der Waals surface area contributed by atoms with Crippen LogP contribution in [0.3, 0.4) is 0 Å². The van der Waals surface area contributed by atoms with E-state index in [1.54, 1.807) is 0 Å². The molecule has 2 atom stereocenters. The molecular weight excluding hydrogens is 296 g/mol. The lowest BCUT2D eigenvalue weighted by molar-refractivity contribution is 0.0978. The molecule has 1 saturated heterocycles. The van der Waals surface area contributed by atoms with Gasteiger partial charge in [0.05, 0.1) is 16.9 Å². The van der Waals surface area contributed by atoms with Crippen LogP contribution in [-0.4, -0.2) is 27.4 Å². The fourth-order valence-electron chi connectivity index (χ4n) is 3.06. The third kappa shape index (κ3) is 2.71. The summed E-state index contributed by atoms with van der Waals surface area (Å²) in [5.74, 6) is 0.749. The van der Waals surface area contributed by atoms with E-state index in [0.717, 1.165) is 25.5 Å². The van der Waals surface area contributed by atoms with Gasteiger partial charge in [0.15, 0.2) is 0 Å². The molecular formula is C16H22N4OS. The minimum atomic E-state index is 0.107. The first-order chi connectivity index (χ1) is 10.7. The number of nitrogens with zero attached hydrogens (tertiary/aromatic N) is 3. The molecule has 1 N–H and O–H groups in total. The fraction of sp³-hybridized carbons (Fsp3) is 0.625. The van der Waals surface area contributed by atoms with Crippen molar-refractivity contribution in [3.63, 3.8) is 0 Å². The fourth-order valence-corrected chi connectivity index (χ4v) is 4.05. The van der Waals surface area contributed by atoms with Gasteiger partial charge in [0.2, 0.25) is 0 Å². The SMILES string of the molecule is Cc1c([C@H]2OCC[C@@H]2NCc2csc(C3CC3)n2)cnn1C. The van der Waals surface area contributed by atoms with E-state index < -0.39 is 0 Å². The summed E-state index contributed by atoms with van der Waals surface area (Å²) in [4.78, 5) is 4.75. The van der Waals surface area contributed by atoms with Crippen LogP contribution in [0.5, 0.6) is 0 Å². The first kappa shape index (κ1) is 14.4. The van der Waals surface area contributed by atoms with Gasteiger partial charge in [0, 0.05) is 48.8 Å². The molecule has 6 heteroatoms. The molecule has 2 aliphatic rings. The first-order valence-electron chi connectivity index (χ1n) is 8.00. The van der Waals surface area contributed by atoms with Gasteiger partial charge in [-0.05, 0) is 26.2 Å². The molecule has 2 fully saturated rings. The number of ether oxygens (including phenoxy) is 1. The number of hydrogen-bond acceptors (Lipinski definition) is 5. The average molecular weight is 318 g/mol. The van der Waals surface area contributed by atoms with Gasteiger partial charge in [-0.25, -0.2) is 4.98 Å². The summed E-state index contributed by atoms with van der Waals surface area (Å²) >= 11 is 1.81. The molecule has 2 aromatic heterocycles. The predicted octanol–water partition coefficient (Wildman–Crippen LogP) is 2.68. The normalized spacial score (nSPS) is 25.0. The highest BCUT2D eigenvalue weighted by atomic mass is 32.1. The molecule has 4 rings (SSSR count). The van der Waals surface area contributed by atoms with E-state index in [2.05, 4.69) is 22.7 Å². The van der Waals surface area contributed by atoms with Crippen molar-refractivity contribution in [1.29, 1.82) is 0 Å². The molecule has 22 heavy (non-hydrogen) atoms. The molecule has 3 heterocycles. The van der Waals surface area contributed by atoms with Gasteiger partial charge >= 0.3 is 0 Å². The first-order valence-corrected chi connectivity index (χ1v) is 8.88. The Hall–Kier alpha value is -1.24. The molecule has 1 saturated carbocycles. The maximum Gasteiger partial charge on any atom is 0.101 e. The number of aryl methyl sites for hydroxylation is 1. The van der Waals surface area contributed by atoms with Crippen LogP contribution in [0.2, 0.25) is 0 Å². The van der Waals surface area contributed by atoms with E-state index in [-0.39, 0.29) is 6.10 Å². The lowest BCUT2D eigenvalue weighted by Gasteiger charge is -2.19. The van der Waals surface area contributed by atoms with Crippen LogP contribution >= 0.6 is 11.3 Å². The Morgan fingerprint density at radius 1 is 1.41 bits per heavy atom.